The van der Waals surface area contributed by atoms with Gasteiger partial charge in [0.15, 0.2) is 0 Å². The van der Waals surface area contributed by atoms with Crippen molar-refractivity contribution in [3.05, 3.63) is 63.6 Å². The van der Waals surface area contributed by atoms with Gasteiger partial charge in [-0.25, -0.2) is 0 Å². The van der Waals surface area contributed by atoms with Gasteiger partial charge in [0.2, 0.25) is 0 Å². The Balaban J connectivity index is 2.34. The summed E-state index contributed by atoms with van der Waals surface area (Å²) in [6.07, 6.45) is 0.951. The van der Waals surface area contributed by atoms with E-state index in [0.717, 1.165) is 23.3 Å². The Morgan fingerprint density at radius 3 is 2.40 bits per heavy atom. The van der Waals surface area contributed by atoms with Gasteiger partial charge in [0.05, 0.1) is 12.6 Å². The molecule has 4 heteroatoms. The molecule has 0 heterocycles. The van der Waals surface area contributed by atoms with Crippen molar-refractivity contribution < 1.29 is 4.74 Å². The molecule has 0 aliphatic carbocycles. The molecule has 20 heavy (non-hydrogen) atoms. The fourth-order valence-electron chi connectivity index (χ4n) is 2.02. The summed E-state index contributed by atoms with van der Waals surface area (Å²) < 4.78 is 5.74. The molecule has 2 nitrogen and oxygen atoms in total. The lowest BCUT2D eigenvalue weighted by molar-refractivity contribution is 0.313. The van der Waals surface area contributed by atoms with Crippen molar-refractivity contribution in [3.8, 4) is 5.75 Å². The van der Waals surface area contributed by atoms with E-state index in [1.165, 1.54) is 0 Å². The van der Waals surface area contributed by atoms with Crippen LogP contribution in [0.15, 0.2) is 42.5 Å². The Morgan fingerprint density at radius 1 is 1.10 bits per heavy atom. The van der Waals surface area contributed by atoms with Gasteiger partial charge in [-0.2, -0.15) is 0 Å². The van der Waals surface area contributed by atoms with Gasteiger partial charge < -0.3 is 10.5 Å². The lowest BCUT2D eigenvalue weighted by atomic mass is 9.99. The van der Waals surface area contributed by atoms with Gasteiger partial charge in [-0.3, -0.25) is 0 Å². The molecule has 0 spiro atoms. The Bertz CT molecular complexity index is 566. The lowest BCUT2D eigenvalue weighted by Gasteiger charge is -2.17. The predicted molar refractivity (Wildman–Crippen MR) is 84.7 cm³/mol. The number of halogens is 2. The number of hydrogen-bond donors (Lipinski definition) is 1. The van der Waals surface area contributed by atoms with Crippen LogP contribution in [0.3, 0.4) is 0 Å². The summed E-state index contributed by atoms with van der Waals surface area (Å²) in [5.41, 5.74) is 8.13. The second-order valence-electron chi connectivity index (χ2n) is 4.57. The van der Waals surface area contributed by atoms with E-state index in [1.807, 2.05) is 36.4 Å². The van der Waals surface area contributed by atoms with Gasteiger partial charge in [0.1, 0.15) is 5.75 Å². The van der Waals surface area contributed by atoms with Gasteiger partial charge in [-0.1, -0.05) is 48.3 Å². The first kappa shape index (κ1) is 15.2. The average Bonchev–Trinajstić information content (AvgIpc) is 2.43. The van der Waals surface area contributed by atoms with Gasteiger partial charge in [0, 0.05) is 15.6 Å². The molecule has 0 saturated carbocycles. The topological polar surface area (TPSA) is 35.2 Å². The third-order valence-electron chi connectivity index (χ3n) is 2.96. The van der Waals surface area contributed by atoms with Crippen LogP contribution in [0.1, 0.15) is 30.5 Å². The van der Waals surface area contributed by atoms with E-state index in [2.05, 4.69) is 6.92 Å². The molecule has 0 fully saturated rings. The second-order valence-corrected chi connectivity index (χ2v) is 5.44. The summed E-state index contributed by atoms with van der Waals surface area (Å²) in [4.78, 5) is 0. The molecular weight excluding hydrogens is 293 g/mol. The molecule has 0 amide bonds. The van der Waals surface area contributed by atoms with E-state index in [-0.39, 0.29) is 6.04 Å². The number of hydrogen-bond acceptors (Lipinski definition) is 2. The largest absolute Gasteiger partial charge is 0.493 e. The summed E-state index contributed by atoms with van der Waals surface area (Å²) in [5.74, 6) is 0.804. The monoisotopic (exact) mass is 309 g/mol. The van der Waals surface area contributed by atoms with Crippen LogP contribution in [0.4, 0.5) is 0 Å². The fraction of sp³-hybridized carbons (Fsp3) is 0.250. The van der Waals surface area contributed by atoms with Gasteiger partial charge >= 0.3 is 0 Å². The maximum absolute atomic E-state index is 6.33. The molecule has 0 bridgehead atoms. The molecule has 1 atom stereocenters. The Morgan fingerprint density at radius 2 is 1.75 bits per heavy atom. The summed E-state index contributed by atoms with van der Waals surface area (Å²) in [6.45, 7) is 2.74. The highest BCUT2D eigenvalue weighted by atomic mass is 35.5. The molecular formula is C16H17Cl2NO. The molecule has 2 N–H and O–H groups in total. The van der Waals surface area contributed by atoms with Crippen molar-refractivity contribution >= 4 is 23.2 Å². The molecule has 2 aromatic carbocycles. The minimum atomic E-state index is -0.320. The number of benzene rings is 2. The standard InChI is InChI=1S/C16H17Cl2NO/c1-2-7-20-15-6-4-3-5-14(15)16(19)11-8-12(17)10-13(18)9-11/h3-6,8-10,16H,2,7,19H2,1H3. The Hall–Kier alpha value is -1.22. The molecule has 2 aromatic rings. The van der Waals surface area contributed by atoms with Crippen LogP contribution in [0, 0.1) is 0 Å². The van der Waals surface area contributed by atoms with Crippen molar-refractivity contribution in [2.45, 2.75) is 19.4 Å². The molecule has 106 valence electrons. The predicted octanol–water partition coefficient (Wildman–Crippen LogP) is 4.83. The van der Waals surface area contributed by atoms with Crippen molar-refractivity contribution in [1.29, 1.82) is 0 Å². The van der Waals surface area contributed by atoms with E-state index >= 15 is 0 Å². The second kappa shape index (κ2) is 6.98. The summed E-state index contributed by atoms with van der Waals surface area (Å²) in [7, 11) is 0. The highest BCUT2D eigenvalue weighted by molar-refractivity contribution is 6.34. The number of para-hydroxylation sites is 1. The number of rotatable bonds is 5. The quantitative estimate of drug-likeness (QED) is 0.858. The zero-order valence-electron chi connectivity index (χ0n) is 11.3. The minimum Gasteiger partial charge on any atom is -0.493 e. The Labute approximate surface area is 129 Å². The van der Waals surface area contributed by atoms with Gasteiger partial charge in [0.25, 0.3) is 0 Å². The van der Waals surface area contributed by atoms with Crippen molar-refractivity contribution in [2.24, 2.45) is 5.73 Å². The van der Waals surface area contributed by atoms with Crippen LogP contribution in [-0.4, -0.2) is 6.61 Å². The molecule has 0 saturated heterocycles. The van der Waals surface area contributed by atoms with Crippen LogP contribution in [0.25, 0.3) is 0 Å². The molecule has 0 aromatic heterocycles. The molecule has 0 radical (unpaired) electrons. The number of nitrogens with two attached hydrogens (primary N) is 1. The fourth-order valence-corrected chi connectivity index (χ4v) is 2.56. The zero-order valence-corrected chi connectivity index (χ0v) is 12.8. The summed E-state index contributed by atoms with van der Waals surface area (Å²) in [5, 5.41) is 1.16. The summed E-state index contributed by atoms with van der Waals surface area (Å²) in [6, 6.07) is 12.8. The smallest absolute Gasteiger partial charge is 0.124 e. The van der Waals surface area contributed by atoms with E-state index in [4.69, 9.17) is 33.7 Å². The van der Waals surface area contributed by atoms with Crippen molar-refractivity contribution in [2.75, 3.05) is 6.61 Å². The minimum absolute atomic E-state index is 0.320. The normalized spacial score (nSPS) is 12.2. The van der Waals surface area contributed by atoms with Crippen LogP contribution < -0.4 is 10.5 Å². The third kappa shape index (κ3) is 3.66. The highest BCUT2D eigenvalue weighted by Gasteiger charge is 2.15. The SMILES string of the molecule is CCCOc1ccccc1C(N)c1cc(Cl)cc(Cl)c1. The maximum Gasteiger partial charge on any atom is 0.124 e. The third-order valence-corrected chi connectivity index (χ3v) is 3.40. The van der Waals surface area contributed by atoms with E-state index < -0.39 is 0 Å². The molecule has 0 aliphatic rings. The van der Waals surface area contributed by atoms with Crippen LogP contribution in [-0.2, 0) is 0 Å². The first-order chi connectivity index (χ1) is 9.61. The maximum atomic E-state index is 6.33. The van der Waals surface area contributed by atoms with Gasteiger partial charge in [-0.15, -0.1) is 0 Å². The highest BCUT2D eigenvalue weighted by Crippen LogP contribution is 2.31. The lowest BCUT2D eigenvalue weighted by Crippen LogP contribution is -2.13. The molecule has 1 unspecified atom stereocenters. The molecule has 0 aliphatic heterocycles. The first-order valence-electron chi connectivity index (χ1n) is 6.55. The Kier molecular flexibility index (Phi) is 5.30. The van der Waals surface area contributed by atoms with E-state index in [0.29, 0.717) is 16.7 Å². The van der Waals surface area contributed by atoms with E-state index in [1.54, 1.807) is 6.07 Å². The van der Waals surface area contributed by atoms with Gasteiger partial charge in [-0.05, 0) is 36.2 Å². The summed E-state index contributed by atoms with van der Waals surface area (Å²) >= 11 is 12.1. The van der Waals surface area contributed by atoms with Crippen LogP contribution in [0.5, 0.6) is 5.75 Å². The van der Waals surface area contributed by atoms with Crippen LogP contribution >= 0.6 is 23.2 Å². The van der Waals surface area contributed by atoms with Crippen molar-refractivity contribution in [3.63, 3.8) is 0 Å². The molecule has 2 rings (SSSR count). The van der Waals surface area contributed by atoms with Crippen LogP contribution in [0.2, 0.25) is 10.0 Å². The first-order valence-corrected chi connectivity index (χ1v) is 7.30. The van der Waals surface area contributed by atoms with Crippen molar-refractivity contribution in [1.82, 2.24) is 0 Å². The van der Waals surface area contributed by atoms with E-state index in [9.17, 15) is 0 Å². The number of ether oxygens (including phenoxy) is 1. The zero-order chi connectivity index (χ0) is 14.5. The average molecular weight is 310 g/mol.